The van der Waals surface area contributed by atoms with Crippen molar-refractivity contribution in [2.45, 2.75) is 39.2 Å². The molecule has 0 fully saturated rings. The van der Waals surface area contributed by atoms with E-state index >= 15 is 0 Å². The fraction of sp³-hybridized carbons (Fsp3) is 0.750. The number of nitrogens with zero attached hydrogens (tertiary/aromatic N) is 2. The first-order chi connectivity index (χ1) is 9.72. The zero-order chi connectivity index (χ0) is 16.5. The Kier molecular flexibility index (Phi) is 8.57. The maximum absolute atomic E-state index is 12.2. The van der Waals surface area contributed by atoms with Crippen LogP contribution >= 0.6 is 0 Å². The lowest BCUT2D eigenvalue weighted by Gasteiger charge is -2.25. The second-order valence-corrected chi connectivity index (χ2v) is 6.58. The molecule has 0 heterocycles. The molecule has 0 aliphatic heterocycles. The molecule has 0 aliphatic rings. The van der Waals surface area contributed by atoms with Crippen LogP contribution in [-0.4, -0.2) is 54.6 Å². The molecule has 1 atom stereocenters. The molecule has 0 radical (unpaired) electrons. The number of hydrogen-bond donors (Lipinski definition) is 2. The highest BCUT2D eigenvalue weighted by Gasteiger charge is 2.30. The van der Waals surface area contributed by atoms with Gasteiger partial charge in [-0.15, -0.1) is 0 Å². The van der Waals surface area contributed by atoms with Crippen LogP contribution in [0.2, 0.25) is 0 Å². The Balaban J connectivity index is 4.79. The van der Waals surface area contributed by atoms with Gasteiger partial charge in [-0.25, -0.2) is 8.42 Å². The lowest BCUT2D eigenvalue weighted by atomic mass is 10.3. The summed E-state index contributed by atoms with van der Waals surface area (Å²) in [5.74, 6) is -1.78. The van der Waals surface area contributed by atoms with Crippen molar-refractivity contribution in [2.75, 3.05) is 18.8 Å². The third-order valence-corrected chi connectivity index (χ3v) is 4.81. The summed E-state index contributed by atoms with van der Waals surface area (Å²) in [5.41, 5.74) is 0. The molecule has 0 rings (SSSR count). The van der Waals surface area contributed by atoms with Gasteiger partial charge in [-0.2, -0.15) is 9.57 Å². The van der Waals surface area contributed by atoms with Gasteiger partial charge in [-0.1, -0.05) is 0 Å². The molecule has 0 aromatic carbocycles. The van der Waals surface area contributed by atoms with E-state index in [4.69, 9.17) is 10.4 Å². The molecule has 120 valence electrons. The first-order valence-corrected chi connectivity index (χ1v) is 8.17. The van der Waals surface area contributed by atoms with Crippen LogP contribution in [0.15, 0.2) is 0 Å². The number of hydrogen-bond acceptors (Lipinski definition) is 5. The minimum absolute atomic E-state index is 0.0460. The lowest BCUT2D eigenvalue weighted by Crippen LogP contribution is -2.47. The van der Waals surface area contributed by atoms with Crippen LogP contribution < -0.4 is 5.32 Å². The van der Waals surface area contributed by atoms with E-state index in [9.17, 15) is 18.0 Å². The summed E-state index contributed by atoms with van der Waals surface area (Å²) < 4.78 is 25.2. The van der Waals surface area contributed by atoms with Gasteiger partial charge in [0.2, 0.25) is 15.9 Å². The number of amides is 1. The van der Waals surface area contributed by atoms with Gasteiger partial charge in [-0.05, 0) is 19.8 Å². The van der Waals surface area contributed by atoms with Crippen molar-refractivity contribution in [1.29, 1.82) is 5.26 Å². The van der Waals surface area contributed by atoms with E-state index in [0.717, 1.165) is 4.31 Å². The standard InChI is InChI=1S/C12H21N3O5S/c1-10(12(17)18)15(8-7-14-11(2)16)21(19,20)9-5-3-4-6-13/h10H,3-5,7-9H2,1-2H3,(H,14,16)(H,17,18). The van der Waals surface area contributed by atoms with Crippen LogP contribution in [0.3, 0.4) is 0 Å². The summed E-state index contributed by atoms with van der Waals surface area (Å²) in [5, 5.41) is 19.8. The van der Waals surface area contributed by atoms with Gasteiger partial charge in [0.05, 0.1) is 11.8 Å². The van der Waals surface area contributed by atoms with E-state index in [-0.39, 0.29) is 31.2 Å². The van der Waals surface area contributed by atoms with E-state index < -0.39 is 22.0 Å². The Morgan fingerprint density at radius 2 is 2.00 bits per heavy atom. The molecule has 0 saturated carbocycles. The van der Waals surface area contributed by atoms with Crippen molar-refractivity contribution in [1.82, 2.24) is 9.62 Å². The van der Waals surface area contributed by atoms with Gasteiger partial charge >= 0.3 is 5.97 Å². The molecule has 8 nitrogen and oxygen atoms in total. The zero-order valence-electron chi connectivity index (χ0n) is 12.2. The Bertz CT molecular complexity index is 498. The highest BCUT2D eigenvalue weighted by Crippen LogP contribution is 2.10. The van der Waals surface area contributed by atoms with E-state index in [1.165, 1.54) is 13.8 Å². The first kappa shape index (κ1) is 19.3. The van der Waals surface area contributed by atoms with Crippen molar-refractivity contribution in [2.24, 2.45) is 0 Å². The number of carbonyl (C=O) groups is 2. The lowest BCUT2D eigenvalue weighted by molar-refractivity contribution is -0.140. The van der Waals surface area contributed by atoms with Crippen LogP contribution in [0.5, 0.6) is 0 Å². The number of nitriles is 1. The second-order valence-electron chi connectivity index (χ2n) is 4.54. The van der Waals surface area contributed by atoms with E-state index in [1.807, 2.05) is 6.07 Å². The van der Waals surface area contributed by atoms with Gasteiger partial charge in [0, 0.05) is 26.4 Å². The molecular formula is C12H21N3O5S. The minimum atomic E-state index is -3.75. The number of carboxylic acids is 1. The molecule has 0 saturated heterocycles. The molecule has 2 N–H and O–H groups in total. The first-order valence-electron chi connectivity index (χ1n) is 6.56. The molecule has 1 unspecified atom stereocenters. The normalized spacial score (nSPS) is 12.7. The highest BCUT2D eigenvalue weighted by molar-refractivity contribution is 7.89. The SMILES string of the molecule is CC(=O)NCCN(C(C)C(=O)O)S(=O)(=O)CCCCC#N. The molecule has 0 aromatic heterocycles. The quantitative estimate of drug-likeness (QED) is 0.542. The monoisotopic (exact) mass is 319 g/mol. The van der Waals surface area contributed by atoms with Crippen molar-refractivity contribution >= 4 is 21.9 Å². The van der Waals surface area contributed by atoms with Gasteiger partial charge in [0.25, 0.3) is 0 Å². The summed E-state index contributed by atoms with van der Waals surface area (Å²) in [6, 6.07) is 0.712. The smallest absolute Gasteiger partial charge is 0.321 e. The van der Waals surface area contributed by atoms with Crippen LogP contribution in [0.1, 0.15) is 33.1 Å². The maximum atomic E-state index is 12.2. The summed E-state index contributed by atoms with van der Waals surface area (Å²) in [6.07, 6.45) is 0.992. The third-order valence-electron chi connectivity index (χ3n) is 2.79. The molecular weight excluding hydrogens is 298 g/mol. The van der Waals surface area contributed by atoms with Gasteiger partial charge in [0.15, 0.2) is 0 Å². The van der Waals surface area contributed by atoms with Crippen molar-refractivity contribution < 1.29 is 23.1 Å². The number of carbonyl (C=O) groups excluding carboxylic acids is 1. The molecule has 0 aliphatic carbocycles. The zero-order valence-corrected chi connectivity index (χ0v) is 13.0. The van der Waals surface area contributed by atoms with Crippen molar-refractivity contribution in [3.05, 3.63) is 0 Å². The van der Waals surface area contributed by atoms with E-state index in [0.29, 0.717) is 12.8 Å². The largest absolute Gasteiger partial charge is 0.480 e. The fourth-order valence-corrected chi connectivity index (χ4v) is 3.39. The molecule has 0 spiro atoms. The summed E-state index contributed by atoms with van der Waals surface area (Å²) >= 11 is 0. The second kappa shape index (κ2) is 9.31. The van der Waals surface area contributed by atoms with E-state index in [2.05, 4.69) is 5.32 Å². The van der Waals surface area contributed by atoms with Crippen LogP contribution in [0.4, 0.5) is 0 Å². The topological polar surface area (TPSA) is 128 Å². The number of aliphatic carboxylic acids is 1. The predicted molar refractivity (Wildman–Crippen MR) is 75.7 cm³/mol. The molecule has 0 aromatic rings. The van der Waals surface area contributed by atoms with Crippen LogP contribution in [0.25, 0.3) is 0 Å². The number of unbranched alkanes of at least 4 members (excludes halogenated alkanes) is 2. The van der Waals surface area contributed by atoms with Crippen LogP contribution in [-0.2, 0) is 19.6 Å². The predicted octanol–water partition coefficient (Wildman–Crippen LogP) is -0.0787. The summed E-state index contributed by atoms with van der Waals surface area (Å²) in [7, 11) is -3.75. The third kappa shape index (κ3) is 7.63. The summed E-state index contributed by atoms with van der Waals surface area (Å²) in [6.45, 7) is 2.52. The van der Waals surface area contributed by atoms with Gasteiger partial charge < -0.3 is 10.4 Å². The average Bonchev–Trinajstić information content (AvgIpc) is 2.38. The molecule has 9 heteroatoms. The highest BCUT2D eigenvalue weighted by atomic mass is 32.2. The number of sulfonamides is 1. The molecule has 0 bridgehead atoms. The Morgan fingerprint density at radius 1 is 1.38 bits per heavy atom. The fourth-order valence-electron chi connectivity index (χ4n) is 1.64. The number of carboxylic acid groups (broad SMARTS) is 1. The van der Waals surface area contributed by atoms with Gasteiger partial charge in [0.1, 0.15) is 6.04 Å². The molecule has 21 heavy (non-hydrogen) atoms. The molecule has 1 amide bonds. The van der Waals surface area contributed by atoms with Gasteiger partial charge in [-0.3, -0.25) is 9.59 Å². The van der Waals surface area contributed by atoms with Crippen molar-refractivity contribution in [3.8, 4) is 6.07 Å². The Labute approximate surface area is 124 Å². The Hall–Kier alpha value is -1.66. The maximum Gasteiger partial charge on any atom is 0.321 e. The van der Waals surface area contributed by atoms with Crippen molar-refractivity contribution in [3.63, 3.8) is 0 Å². The summed E-state index contributed by atoms with van der Waals surface area (Å²) in [4.78, 5) is 21.8. The number of rotatable bonds is 10. The van der Waals surface area contributed by atoms with E-state index in [1.54, 1.807) is 0 Å². The Morgan fingerprint density at radius 3 is 2.48 bits per heavy atom. The minimum Gasteiger partial charge on any atom is -0.480 e. The van der Waals surface area contributed by atoms with Crippen LogP contribution in [0, 0.1) is 11.3 Å². The number of nitrogens with one attached hydrogen (secondary N) is 1. The average molecular weight is 319 g/mol.